The largest absolute Gasteiger partial charge is 0.545 e. The number of benzene rings is 2. The van der Waals surface area contributed by atoms with Gasteiger partial charge in [-0.2, -0.15) is 0 Å². The van der Waals surface area contributed by atoms with Gasteiger partial charge < -0.3 is 20.1 Å². The first-order valence-electron chi connectivity index (χ1n) is 6.61. The molecule has 0 aliphatic rings. The van der Waals surface area contributed by atoms with Crippen LogP contribution in [0.1, 0.15) is 10.4 Å². The SMILES string of the molecule is C[NH+](C)C.O=C([O-])c1ccccc1Nc1c(Cl)cccc1Cl. The number of aromatic carboxylic acids is 1. The first-order chi connectivity index (χ1) is 10.3. The minimum atomic E-state index is -1.26. The zero-order valence-electron chi connectivity index (χ0n) is 12.6. The highest BCUT2D eigenvalue weighted by atomic mass is 35.5. The van der Waals surface area contributed by atoms with Crippen LogP contribution in [0.25, 0.3) is 0 Å². The lowest BCUT2D eigenvalue weighted by molar-refractivity contribution is -0.836. The van der Waals surface area contributed by atoms with E-state index in [1.54, 1.807) is 36.4 Å². The lowest BCUT2D eigenvalue weighted by Crippen LogP contribution is -3.02. The number of carbonyl (C=O) groups is 1. The number of carboxylic acid groups (broad SMARTS) is 1. The van der Waals surface area contributed by atoms with E-state index < -0.39 is 5.97 Å². The fourth-order valence-corrected chi connectivity index (χ4v) is 2.01. The van der Waals surface area contributed by atoms with E-state index in [0.29, 0.717) is 21.4 Å². The maximum atomic E-state index is 11.0. The van der Waals surface area contributed by atoms with Gasteiger partial charge in [-0.05, 0) is 18.2 Å². The predicted molar refractivity (Wildman–Crippen MR) is 89.3 cm³/mol. The molecule has 0 spiro atoms. The van der Waals surface area contributed by atoms with Gasteiger partial charge in [0.25, 0.3) is 0 Å². The number of hydrogen-bond donors (Lipinski definition) is 2. The Morgan fingerprint density at radius 2 is 1.50 bits per heavy atom. The summed E-state index contributed by atoms with van der Waals surface area (Å²) in [5.41, 5.74) is 0.899. The third-order valence-electron chi connectivity index (χ3n) is 2.37. The van der Waals surface area contributed by atoms with E-state index in [-0.39, 0.29) is 5.56 Å². The molecule has 2 aromatic carbocycles. The second-order valence-electron chi connectivity index (χ2n) is 5.05. The number of carbonyl (C=O) groups excluding carboxylic acids is 1. The molecule has 0 saturated carbocycles. The van der Waals surface area contributed by atoms with E-state index >= 15 is 0 Å². The van der Waals surface area contributed by atoms with E-state index in [0.717, 1.165) is 0 Å². The maximum absolute atomic E-state index is 11.0. The quantitative estimate of drug-likeness (QED) is 0.896. The highest BCUT2D eigenvalue weighted by Crippen LogP contribution is 2.33. The highest BCUT2D eigenvalue weighted by molar-refractivity contribution is 6.39. The Morgan fingerprint density at radius 3 is 2.00 bits per heavy atom. The van der Waals surface area contributed by atoms with Crippen molar-refractivity contribution in [3.8, 4) is 0 Å². The Hall–Kier alpha value is -1.75. The number of rotatable bonds is 3. The van der Waals surface area contributed by atoms with E-state index in [9.17, 15) is 9.90 Å². The molecule has 0 aliphatic carbocycles. The third-order valence-corrected chi connectivity index (χ3v) is 3.00. The number of anilines is 2. The van der Waals surface area contributed by atoms with Gasteiger partial charge >= 0.3 is 0 Å². The van der Waals surface area contributed by atoms with Gasteiger partial charge in [-0.15, -0.1) is 0 Å². The van der Waals surface area contributed by atoms with Crippen molar-refractivity contribution in [2.24, 2.45) is 0 Å². The van der Waals surface area contributed by atoms with E-state index in [2.05, 4.69) is 26.5 Å². The maximum Gasteiger partial charge on any atom is 0.0763 e. The fourth-order valence-electron chi connectivity index (χ4n) is 1.52. The van der Waals surface area contributed by atoms with Crippen LogP contribution < -0.4 is 15.3 Å². The van der Waals surface area contributed by atoms with Gasteiger partial charge in [-0.3, -0.25) is 0 Å². The van der Waals surface area contributed by atoms with Crippen molar-refractivity contribution in [3.05, 3.63) is 58.1 Å². The minimum Gasteiger partial charge on any atom is -0.545 e. The molecule has 0 aromatic heterocycles. The number of hydrogen-bond acceptors (Lipinski definition) is 3. The zero-order valence-corrected chi connectivity index (χ0v) is 14.1. The standard InChI is InChI=1S/C13H9Cl2NO2.C3H9N/c14-9-5-3-6-10(15)12(9)16-11-7-2-1-4-8(11)13(17)18;1-4(2)3/h1-7,16H,(H,17,18);1-3H3. The summed E-state index contributed by atoms with van der Waals surface area (Å²) in [4.78, 5) is 12.4. The third kappa shape index (κ3) is 5.56. The molecule has 0 saturated heterocycles. The molecular formula is C16H18Cl2N2O2. The van der Waals surface area contributed by atoms with Crippen molar-refractivity contribution >= 4 is 40.5 Å². The normalized spacial score (nSPS) is 9.91. The van der Waals surface area contributed by atoms with E-state index in [4.69, 9.17) is 23.2 Å². The van der Waals surface area contributed by atoms with E-state index in [1.807, 2.05) is 0 Å². The van der Waals surface area contributed by atoms with Gasteiger partial charge in [0.15, 0.2) is 0 Å². The van der Waals surface area contributed by atoms with Gasteiger partial charge in [-0.1, -0.05) is 47.5 Å². The van der Waals surface area contributed by atoms with Gasteiger partial charge in [0, 0.05) is 11.3 Å². The van der Waals surface area contributed by atoms with Gasteiger partial charge in [-0.25, -0.2) is 0 Å². The zero-order chi connectivity index (χ0) is 16.7. The Bertz CT molecular complexity index is 623. The molecule has 0 aliphatic heterocycles. The van der Waals surface area contributed by atoms with Crippen LogP contribution in [0.5, 0.6) is 0 Å². The second-order valence-corrected chi connectivity index (χ2v) is 5.87. The van der Waals surface area contributed by atoms with Crippen LogP contribution in [0.3, 0.4) is 0 Å². The van der Waals surface area contributed by atoms with Crippen LogP contribution >= 0.6 is 23.2 Å². The molecule has 118 valence electrons. The summed E-state index contributed by atoms with van der Waals surface area (Å²) in [6, 6.07) is 11.4. The topological polar surface area (TPSA) is 56.6 Å². The molecule has 2 rings (SSSR count). The van der Waals surface area contributed by atoms with Crippen molar-refractivity contribution in [2.45, 2.75) is 0 Å². The first kappa shape index (κ1) is 18.3. The molecule has 22 heavy (non-hydrogen) atoms. The summed E-state index contributed by atoms with van der Waals surface area (Å²) in [5.74, 6) is -1.26. The Morgan fingerprint density at radius 1 is 1.00 bits per heavy atom. The molecule has 4 nitrogen and oxygen atoms in total. The highest BCUT2D eigenvalue weighted by Gasteiger charge is 2.08. The Balaban J connectivity index is 0.000000541. The Labute approximate surface area is 140 Å². The summed E-state index contributed by atoms with van der Waals surface area (Å²) in [7, 11) is 6.25. The van der Waals surface area contributed by atoms with Crippen molar-refractivity contribution in [1.29, 1.82) is 0 Å². The molecule has 0 heterocycles. The molecular weight excluding hydrogens is 323 g/mol. The summed E-state index contributed by atoms with van der Waals surface area (Å²) < 4.78 is 0. The minimum absolute atomic E-state index is 0.0495. The van der Waals surface area contributed by atoms with Crippen molar-refractivity contribution in [2.75, 3.05) is 26.5 Å². The molecule has 0 fully saturated rings. The monoisotopic (exact) mass is 340 g/mol. The molecule has 6 heteroatoms. The summed E-state index contributed by atoms with van der Waals surface area (Å²) >= 11 is 12.0. The van der Waals surface area contributed by atoms with Gasteiger partial charge in [0.1, 0.15) is 0 Å². The van der Waals surface area contributed by atoms with Crippen molar-refractivity contribution in [3.63, 3.8) is 0 Å². The molecule has 0 atom stereocenters. The van der Waals surface area contributed by atoms with Gasteiger partial charge in [0.2, 0.25) is 0 Å². The lowest BCUT2D eigenvalue weighted by Gasteiger charge is -2.14. The fraction of sp³-hybridized carbons (Fsp3) is 0.188. The molecule has 0 radical (unpaired) electrons. The van der Waals surface area contributed by atoms with Crippen LogP contribution in [-0.4, -0.2) is 27.1 Å². The van der Waals surface area contributed by atoms with E-state index in [1.165, 1.54) is 11.0 Å². The molecule has 2 aromatic rings. The van der Waals surface area contributed by atoms with Crippen LogP contribution in [0.4, 0.5) is 11.4 Å². The van der Waals surface area contributed by atoms with Crippen LogP contribution in [-0.2, 0) is 0 Å². The molecule has 2 N–H and O–H groups in total. The summed E-state index contributed by atoms with van der Waals surface area (Å²) in [5, 5.41) is 14.7. The number of quaternary nitrogens is 1. The Kier molecular flexibility index (Phi) is 7.18. The lowest BCUT2D eigenvalue weighted by atomic mass is 10.1. The number of nitrogens with one attached hydrogen (secondary N) is 2. The number of para-hydroxylation sites is 2. The molecule has 0 amide bonds. The number of halogens is 2. The average Bonchev–Trinajstić information content (AvgIpc) is 2.43. The van der Waals surface area contributed by atoms with Crippen LogP contribution in [0.15, 0.2) is 42.5 Å². The summed E-state index contributed by atoms with van der Waals surface area (Å²) in [6.45, 7) is 0. The second kappa shape index (κ2) is 8.63. The van der Waals surface area contributed by atoms with Crippen molar-refractivity contribution < 1.29 is 14.8 Å². The molecule has 0 bridgehead atoms. The molecule has 0 unspecified atom stereocenters. The first-order valence-corrected chi connectivity index (χ1v) is 7.36. The predicted octanol–water partition coefficient (Wildman–Crippen LogP) is 1.86. The van der Waals surface area contributed by atoms with Gasteiger partial charge in [0.05, 0.1) is 42.8 Å². The number of carboxylic acids is 1. The smallest absolute Gasteiger partial charge is 0.0763 e. The van der Waals surface area contributed by atoms with Crippen LogP contribution in [0, 0.1) is 0 Å². The average molecular weight is 341 g/mol. The van der Waals surface area contributed by atoms with Crippen LogP contribution in [0.2, 0.25) is 10.0 Å². The summed E-state index contributed by atoms with van der Waals surface area (Å²) in [6.07, 6.45) is 0. The van der Waals surface area contributed by atoms with Crippen molar-refractivity contribution in [1.82, 2.24) is 0 Å².